The second-order valence-corrected chi connectivity index (χ2v) is 7.06. The zero-order valence-electron chi connectivity index (χ0n) is 15.6. The minimum atomic E-state index is -0.431. The summed E-state index contributed by atoms with van der Waals surface area (Å²) in [4.78, 5) is 14.8. The van der Waals surface area contributed by atoms with E-state index in [1.54, 1.807) is 19.2 Å². The molecule has 1 heterocycles. The molecule has 0 unspecified atom stereocenters. The fourth-order valence-corrected chi connectivity index (χ4v) is 3.58. The minimum Gasteiger partial charge on any atom is -0.460 e. The van der Waals surface area contributed by atoms with Crippen LogP contribution in [0.2, 0.25) is 5.02 Å². The van der Waals surface area contributed by atoms with Crippen molar-refractivity contribution in [2.75, 3.05) is 25.2 Å². The number of hydrogen-bond donors (Lipinski definition) is 1. The van der Waals surface area contributed by atoms with Crippen LogP contribution in [-0.2, 0) is 14.3 Å². The predicted molar refractivity (Wildman–Crippen MR) is 114 cm³/mol. The number of allylic oxidation sites excluding steroid dienone is 1. The number of hydrogen-bond acceptors (Lipinski definition) is 4. The van der Waals surface area contributed by atoms with Gasteiger partial charge in [0.2, 0.25) is 0 Å². The Morgan fingerprint density at radius 1 is 1.14 bits per heavy atom. The molecule has 0 fully saturated rings. The van der Waals surface area contributed by atoms with Gasteiger partial charge in [-0.15, -0.1) is 0 Å². The average molecular weight is 417 g/mol. The highest BCUT2D eigenvalue weighted by atomic mass is 35.5. The number of para-hydroxylation sites is 1. The smallest absolute Gasteiger partial charge is 0.338 e. The number of methoxy groups -OCH3 is 1. The van der Waals surface area contributed by atoms with Gasteiger partial charge >= 0.3 is 5.97 Å². The van der Waals surface area contributed by atoms with Crippen molar-refractivity contribution in [3.05, 3.63) is 76.5 Å². The molecule has 7 heteroatoms. The lowest BCUT2D eigenvalue weighted by molar-refractivity contribution is -0.140. The summed E-state index contributed by atoms with van der Waals surface area (Å²) in [6, 6.07) is 16.5. The molecule has 0 amide bonds. The highest BCUT2D eigenvalue weighted by Gasteiger charge is 2.35. The molecule has 1 N–H and O–H groups in total. The van der Waals surface area contributed by atoms with Crippen LogP contribution in [-0.4, -0.2) is 31.4 Å². The summed E-state index contributed by atoms with van der Waals surface area (Å²) < 4.78 is 10.4. The summed E-state index contributed by atoms with van der Waals surface area (Å²) in [6.45, 7) is 2.38. The van der Waals surface area contributed by atoms with E-state index < -0.39 is 12.0 Å². The second kappa shape index (κ2) is 9.19. The third kappa shape index (κ3) is 4.35. The number of esters is 1. The number of carbonyl (C=O) groups is 1. The largest absolute Gasteiger partial charge is 0.460 e. The van der Waals surface area contributed by atoms with Gasteiger partial charge in [-0.1, -0.05) is 41.9 Å². The Morgan fingerprint density at radius 2 is 1.82 bits per heavy atom. The summed E-state index contributed by atoms with van der Waals surface area (Å²) in [7, 11) is 1.56. The van der Waals surface area contributed by atoms with Gasteiger partial charge in [0.25, 0.3) is 0 Å². The van der Waals surface area contributed by atoms with Crippen LogP contribution in [0.15, 0.2) is 65.9 Å². The molecule has 0 radical (unpaired) electrons. The molecule has 0 spiro atoms. The average Bonchev–Trinajstić information content (AvgIpc) is 2.69. The first-order valence-corrected chi connectivity index (χ1v) is 9.59. The SMILES string of the molecule is COCCOC(=O)C1=C(C)N(c2ccccc2)C(=S)N[C@H]1c1ccc(Cl)cc1. The van der Waals surface area contributed by atoms with Crippen molar-refractivity contribution < 1.29 is 14.3 Å². The zero-order chi connectivity index (χ0) is 20.1. The Balaban J connectivity index is 2.04. The van der Waals surface area contributed by atoms with Crippen LogP contribution in [0.5, 0.6) is 0 Å². The lowest BCUT2D eigenvalue weighted by atomic mass is 9.95. The van der Waals surface area contributed by atoms with E-state index >= 15 is 0 Å². The standard InChI is InChI=1S/C21H21ClN2O3S/c1-14-18(20(25)27-13-12-26-2)19(15-8-10-16(22)11-9-15)23-21(28)24(14)17-6-4-3-5-7-17/h3-11,19H,12-13H2,1-2H3,(H,23,28)/t19-/m0/s1. The summed E-state index contributed by atoms with van der Waals surface area (Å²) in [5.74, 6) is -0.412. The topological polar surface area (TPSA) is 50.8 Å². The Hall–Kier alpha value is -2.41. The maximum Gasteiger partial charge on any atom is 0.338 e. The molecule has 0 aliphatic carbocycles. The first-order valence-electron chi connectivity index (χ1n) is 8.81. The van der Waals surface area contributed by atoms with Gasteiger partial charge in [-0.3, -0.25) is 4.90 Å². The molecule has 1 aliphatic heterocycles. The number of halogens is 1. The number of ether oxygens (including phenoxy) is 2. The van der Waals surface area contributed by atoms with Gasteiger partial charge in [0, 0.05) is 23.5 Å². The zero-order valence-corrected chi connectivity index (χ0v) is 17.2. The van der Waals surface area contributed by atoms with E-state index in [0.717, 1.165) is 16.9 Å². The minimum absolute atomic E-state index is 0.176. The normalized spacial score (nSPS) is 16.8. The van der Waals surface area contributed by atoms with Crippen molar-refractivity contribution in [1.82, 2.24) is 5.32 Å². The molecule has 2 aromatic rings. The van der Waals surface area contributed by atoms with Crippen molar-refractivity contribution in [3.8, 4) is 0 Å². The Bertz CT molecular complexity index is 884. The molecule has 5 nitrogen and oxygen atoms in total. The molecule has 0 saturated carbocycles. The number of thiocarbonyl (C=S) groups is 1. The van der Waals surface area contributed by atoms with Crippen LogP contribution in [0.25, 0.3) is 0 Å². The van der Waals surface area contributed by atoms with Crippen LogP contribution in [0.1, 0.15) is 18.5 Å². The van der Waals surface area contributed by atoms with E-state index in [4.69, 9.17) is 33.3 Å². The van der Waals surface area contributed by atoms with Crippen molar-refractivity contribution >= 4 is 40.6 Å². The van der Waals surface area contributed by atoms with E-state index in [-0.39, 0.29) is 6.61 Å². The number of rotatable bonds is 6. The van der Waals surface area contributed by atoms with Gasteiger partial charge in [0.1, 0.15) is 6.61 Å². The highest BCUT2D eigenvalue weighted by Crippen LogP contribution is 2.34. The molecular weight excluding hydrogens is 396 g/mol. The molecule has 146 valence electrons. The monoisotopic (exact) mass is 416 g/mol. The quantitative estimate of drug-likeness (QED) is 0.432. The number of carbonyl (C=O) groups excluding carboxylic acids is 1. The molecule has 3 rings (SSSR count). The van der Waals surface area contributed by atoms with Gasteiger partial charge in [-0.25, -0.2) is 4.79 Å². The van der Waals surface area contributed by atoms with Crippen molar-refractivity contribution in [3.63, 3.8) is 0 Å². The molecule has 0 saturated heterocycles. The van der Waals surface area contributed by atoms with Gasteiger partial charge in [-0.05, 0) is 49.0 Å². The fourth-order valence-electron chi connectivity index (χ4n) is 3.10. The number of anilines is 1. The van der Waals surface area contributed by atoms with Crippen LogP contribution in [0.4, 0.5) is 5.69 Å². The van der Waals surface area contributed by atoms with Crippen LogP contribution in [0.3, 0.4) is 0 Å². The molecular formula is C21H21ClN2O3S. The maximum absolute atomic E-state index is 12.9. The van der Waals surface area contributed by atoms with Gasteiger partial charge in [0.15, 0.2) is 5.11 Å². The van der Waals surface area contributed by atoms with Gasteiger partial charge in [0.05, 0.1) is 18.2 Å². The summed E-state index contributed by atoms with van der Waals surface area (Å²) >= 11 is 11.6. The van der Waals surface area contributed by atoms with E-state index in [1.807, 2.05) is 54.3 Å². The summed E-state index contributed by atoms with van der Waals surface area (Å²) in [6.07, 6.45) is 0. The van der Waals surface area contributed by atoms with E-state index in [0.29, 0.717) is 22.3 Å². The predicted octanol–water partition coefficient (Wildman–Crippen LogP) is 4.24. The third-order valence-electron chi connectivity index (χ3n) is 4.44. The molecule has 1 aliphatic rings. The first kappa shape index (κ1) is 20.3. The van der Waals surface area contributed by atoms with Crippen LogP contribution >= 0.6 is 23.8 Å². The lowest BCUT2D eigenvalue weighted by Crippen LogP contribution is -2.48. The fraction of sp³-hybridized carbons (Fsp3) is 0.238. The Morgan fingerprint density at radius 3 is 2.46 bits per heavy atom. The van der Waals surface area contributed by atoms with E-state index in [9.17, 15) is 4.79 Å². The Kier molecular flexibility index (Phi) is 6.67. The van der Waals surface area contributed by atoms with E-state index in [2.05, 4.69) is 5.32 Å². The van der Waals surface area contributed by atoms with Gasteiger partial charge in [-0.2, -0.15) is 0 Å². The lowest BCUT2D eigenvalue weighted by Gasteiger charge is -2.37. The van der Waals surface area contributed by atoms with Gasteiger partial charge < -0.3 is 14.8 Å². The number of nitrogens with one attached hydrogen (secondary N) is 1. The number of nitrogens with zero attached hydrogens (tertiary/aromatic N) is 1. The van der Waals surface area contributed by atoms with Crippen molar-refractivity contribution in [2.24, 2.45) is 0 Å². The molecule has 0 aromatic heterocycles. The van der Waals surface area contributed by atoms with Crippen molar-refractivity contribution in [2.45, 2.75) is 13.0 Å². The van der Waals surface area contributed by atoms with E-state index in [1.165, 1.54) is 0 Å². The Labute approximate surface area is 174 Å². The molecule has 2 aromatic carbocycles. The first-order chi connectivity index (χ1) is 13.5. The third-order valence-corrected chi connectivity index (χ3v) is 5.00. The van der Waals surface area contributed by atoms with Crippen molar-refractivity contribution in [1.29, 1.82) is 0 Å². The van der Waals surface area contributed by atoms with Crippen LogP contribution in [0, 0.1) is 0 Å². The maximum atomic E-state index is 12.9. The molecule has 28 heavy (non-hydrogen) atoms. The molecule has 1 atom stereocenters. The number of benzene rings is 2. The van der Waals surface area contributed by atoms with Crippen LogP contribution < -0.4 is 10.2 Å². The highest BCUT2D eigenvalue weighted by molar-refractivity contribution is 7.80. The molecule has 0 bridgehead atoms. The summed E-state index contributed by atoms with van der Waals surface area (Å²) in [5, 5.41) is 4.41. The second-order valence-electron chi connectivity index (χ2n) is 6.23. The summed E-state index contributed by atoms with van der Waals surface area (Å²) in [5.41, 5.74) is 2.96.